The fourth-order valence-electron chi connectivity index (χ4n) is 3.42. The van der Waals surface area contributed by atoms with E-state index in [-0.39, 0.29) is 17.0 Å². The van der Waals surface area contributed by atoms with E-state index in [1.54, 1.807) is 7.11 Å². The number of methoxy groups -OCH3 is 1. The Kier molecular flexibility index (Phi) is 7.20. The number of hydrogen-bond donors (Lipinski definition) is 0. The summed E-state index contributed by atoms with van der Waals surface area (Å²) in [5, 5.41) is 0. The van der Waals surface area contributed by atoms with Crippen molar-refractivity contribution in [2.45, 2.75) is 18.8 Å². The molecule has 0 spiro atoms. The molecule has 1 aliphatic rings. The number of para-hydroxylation sites is 1. The van der Waals surface area contributed by atoms with Crippen LogP contribution in [0.25, 0.3) is 0 Å². The molecule has 21 heavy (non-hydrogen) atoms. The van der Waals surface area contributed by atoms with Crippen LogP contribution >= 0.6 is 0 Å². The average Bonchev–Trinajstić information content (AvgIpc) is 2.49. The molecular weight excluding hydrogens is 326 g/mol. The minimum absolute atomic E-state index is 0. The van der Waals surface area contributed by atoms with Crippen LogP contribution in [0, 0.1) is 0 Å². The van der Waals surface area contributed by atoms with Gasteiger partial charge < -0.3 is 26.2 Å². The van der Waals surface area contributed by atoms with Gasteiger partial charge in [0.2, 0.25) is 0 Å². The summed E-state index contributed by atoms with van der Waals surface area (Å²) in [5.74, 6) is 1.65. The van der Waals surface area contributed by atoms with Crippen molar-refractivity contribution in [3.05, 3.63) is 55.1 Å². The summed E-state index contributed by atoms with van der Waals surface area (Å²) in [6, 6.07) is 8.44. The molecule has 1 aromatic rings. The van der Waals surface area contributed by atoms with E-state index >= 15 is 0 Å². The Morgan fingerprint density at radius 3 is 2.24 bits per heavy atom. The lowest BCUT2D eigenvalue weighted by Gasteiger charge is -2.42. The minimum Gasteiger partial charge on any atom is -1.00 e. The van der Waals surface area contributed by atoms with Gasteiger partial charge in [0.15, 0.2) is 0 Å². The van der Waals surface area contributed by atoms with Crippen LogP contribution in [0.15, 0.2) is 49.6 Å². The second kappa shape index (κ2) is 8.40. The van der Waals surface area contributed by atoms with Gasteiger partial charge in [-0.2, -0.15) is 0 Å². The van der Waals surface area contributed by atoms with Crippen molar-refractivity contribution in [3.8, 4) is 5.75 Å². The largest absolute Gasteiger partial charge is 1.00 e. The number of piperidine rings is 1. The first-order chi connectivity index (χ1) is 9.74. The molecule has 0 atom stereocenters. The fourth-order valence-corrected chi connectivity index (χ4v) is 3.42. The lowest BCUT2D eigenvalue weighted by atomic mass is 9.87. The van der Waals surface area contributed by atoms with Crippen LogP contribution in [0.3, 0.4) is 0 Å². The first kappa shape index (κ1) is 18.0. The Hall–Kier alpha value is -1.06. The zero-order chi connectivity index (χ0) is 14.4. The van der Waals surface area contributed by atoms with Gasteiger partial charge >= 0.3 is 0 Å². The number of hydrogen-bond acceptors (Lipinski definition) is 1. The lowest BCUT2D eigenvalue weighted by Crippen LogP contribution is -3.00. The molecule has 1 fully saturated rings. The van der Waals surface area contributed by atoms with E-state index < -0.39 is 0 Å². The Morgan fingerprint density at radius 1 is 1.14 bits per heavy atom. The molecule has 0 N–H and O–H groups in total. The Balaban J connectivity index is 0.00000220. The number of halogens is 1. The van der Waals surface area contributed by atoms with Gasteiger partial charge in [-0.15, -0.1) is 0 Å². The van der Waals surface area contributed by atoms with E-state index in [0.717, 1.165) is 23.3 Å². The molecule has 1 saturated heterocycles. The molecule has 0 unspecified atom stereocenters. The molecule has 0 saturated carbocycles. The smallest absolute Gasteiger partial charge is 0.122 e. The summed E-state index contributed by atoms with van der Waals surface area (Å²) < 4.78 is 6.62. The summed E-state index contributed by atoms with van der Waals surface area (Å²) in [5.41, 5.74) is 1.37. The minimum atomic E-state index is 0. The molecule has 0 aliphatic carbocycles. The van der Waals surface area contributed by atoms with Gasteiger partial charge in [-0.25, -0.2) is 0 Å². The summed E-state index contributed by atoms with van der Waals surface area (Å²) in [4.78, 5) is 0. The number of benzene rings is 1. The molecular formula is C18H26BrNO. The first-order valence-corrected chi connectivity index (χ1v) is 7.44. The average molecular weight is 352 g/mol. The van der Waals surface area contributed by atoms with Crippen molar-refractivity contribution >= 4 is 0 Å². The maximum atomic E-state index is 5.51. The highest BCUT2D eigenvalue weighted by Gasteiger charge is 2.33. The van der Waals surface area contributed by atoms with Gasteiger partial charge in [0.25, 0.3) is 0 Å². The summed E-state index contributed by atoms with van der Waals surface area (Å²) in [6.07, 6.45) is 6.52. The summed E-state index contributed by atoms with van der Waals surface area (Å²) in [7, 11) is 1.76. The normalized spacial score (nSPS) is 17.6. The maximum absolute atomic E-state index is 5.51. The van der Waals surface area contributed by atoms with E-state index in [1.807, 2.05) is 18.2 Å². The topological polar surface area (TPSA) is 9.23 Å². The SMILES string of the molecule is C=CC[N+]1(CC=C)CCC(c2ccccc2OC)CC1.[Br-]. The van der Waals surface area contributed by atoms with Crippen molar-refractivity contribution in [2.24, 2.45) is 0 Å². The van der Waals surface area contributed by atoms with Crippen molar-refractivity contribution in [2.75, 3.05) is 33.3 Å². The predicted molar refractivity (Wildman–Crippen MR) is 85.1 cm³/mol. The van der Waals surface area contributed by atoms with Gasteiger partial charge in [0.1, 0.15) is 5.75 Å². The van der Waals surface area contributed by atoms with Crippen LogP contribution in [-0.2, 0) is 0 Å². The molecule has 0 amide bonds. The van der Waals surface area contributed by atoms with Crippen LogP contribution in [0.4, 0.5) is 0 Å². The molecule has 0 aromatic heterocycles. The number of rotatable bonds is 6. The highest BCUT2D eigenvalue weighted by Crippen LogP contribution is 2.36. The highest BCUT2D eigenvalue weighted by atomic mass is 79.9. The number of quaternary nitrogens is 1. The molecule has 2 nitrogen and oxygen atoms in total. The number of likely N-dealkylation sites (tertiary alicyclic amines) is 1. The van der Waals surface area contributed by atoms with Crippen molar-refractivity contribution < 1.29 is 26.2 Å². The van der Waals surface area contributed by atoms with Crippen LogP contribution in [0.1, 0.15) is 24.3 Å². The van der Waals surface area contributed by atoms with E-state index in [9.17, 15) is 0 Å². The third-order valence-electron chi connectivity index (χ3n) is 4.52. The van der Waals surface area contributed by atoms with E-state index in [4.69, 9.17) is 4.74 Å². The molecule has 1 aliphatic heterocycles. The third kappa shape index (κ3) is 4.21. The second-order valence-corrected chi connectivity index (χ2v) is 5.75. The van der Waals surface area contributed by atoms with Crippen molar-refractivity contribution in [1.29, 1.82) is 0 Å². The van der Waals surface area contributed by atoms with Crippen molar-refractivity contribution in [3.63, 3.8) is 0 Å². The lowest BCUT2D eigenvalue weighted by molar-refractivity contribution is -0.922. The fraction of sp³-hybridized carbons (Fsp3) is 0.444. The van der Waals surface area contributed by atoms with Gasteiger partial charge in [-0.3, -0.25) is 0 Å². The molecule has 1 aromatic carbocycles. The second-order valence-electron chi connectivity index (χ2n) is 5.75. The van der Waals surface area contributed by atoms with E-state index in [1.165, 1.54) is 31.5 Å². The zero-order valence-corrected chi connectivity index (χ0v) is 14.5. The van der Waals surface area contributed by atoms with Gasteiger partial charge in [-0.05, 0) is 29.7 Å². The van der Waals surface area contributed by atoms with Crippen LogP contribution in [0.5, 0.6) is 5.75 Å². The molecule has 0 radical (unpaired) electrons. The highest BCUT2D eigenvalue weighted by molar-refractivity contribution is 5.36. The van der Waals surface area contributed by atoms with Crippen LogP contribution in [-0.4, -0.2) is 37.8 Å². The van der Waals surface area contributed by atoms with E-state index in [2.05, 4.69) is 31.4 Å². The molecule has 0 bridgehead atoms. The number of ether oxygens (including phenoxy) is 1. The quantitative estimate of drug-likeness (QED) is 0.543. The maximum Gasteiger partial charge on any atom is 0.122 e. The van der Waals surface area contributed by atoms with Crippen LogP contribution in [0.2, 0.25) is 0 Å². The van der Waals surface area contributed by atoms with Gasteiger partial charge in [-0.1, -0.05) is 31.4 Å². The predicted octanol–water partition coefficient (Wildman–Crippen LogP) is 0.765. The molecule has 3 heteroatoms. The van der Waals surface area contributed by atoms with Crippen LogP contribution < -0.4 is 21.7 Å². The van der Waals surface area contributed by atoms with Gasteiger partial charge in [0, 0.05) is 12.8 Å². The summed E-state index contributed by atoms with van der Waals surface area (Å²) >= 11 is 0. The molecule has 116 valence electrons. The summed E-state index contributed by atoms with van der Waals surface area (Å²) in [6.45, 7) is 12.3. The number of nitrogens with zero attached hydrogens (tertiary/aromatic N) is 1. The van der Waals surface area contributed by atoms with Crippen molar-refractivity contribution in [1.82, 2.24) is 0 Å². The van der Waals surface area contributed by atoms with Gasteiger partial charge in [0.05, 0.1) is 33.3 Å². The standard InChI is InChI=1S/C18H26NO.BrH/c1-4-12-19(13-5-2)14-10-16(11-15-19)17-8-6-7-9-18(17)20-3;/h4-9,16H,1-2,10-15H2,3H3;1H/q+1;/p-1. The molecule has 2 rings (SSSR count). The Bertz CT molecular complexity index is 452. The zero-order valence-electron chi connectivity index (χ0n) is 12.9. The monoisotopic (exact) mass is 351 g/mol. The van der Waals surface area contributed by atoms with E-state index in [0.29, 0.717) is 5.92 Å². The Morgan fingerprint density at radius 2 is 1.71 bits per heavy atom. The Labute approximate surface area is 139 Å². The molecule has 1 heterocycles. The first-order valence-electron chi connectivity index (χ1n) is 7.44. The third-order valence-corrected chi connectivity index (χ3v) is 4.52.